The molecule has 0 aliphatic heterocycles. The van der Waals surface area contributed by atoms with Crippen LogP contribution in [0.2, 0.25) is 0 Å². The maximum Gasteiger partial charge on any atom is 0.240 e. The molecule has 0 bridgehead atoms. The molecule has 0 saturated heterocycles. The second kappa shape index (κ2) is 6.22. The molecule has 0 heterocycles. The van der Waals surface area contributed by atoms with Crippen LogP contribution < -0.4 is 0 Å². The van der Waals surface area contributed by atoms with E-state index < -0.39 is 0 Å². The van der Waals surface area contributed by atoms with E-state index in [0.717, 1.165) is 5.56 Å². The van der Waals surface area contributed by atoms with E-state index in [1.54, 1.807) is 19.1 Å². The van der Waals surface area contributed by atoms with E-state index in [1.807, 2.05) is 0 Å². The molecule has 0 aliphatic rings. The Morgan fingerprint density at radius 3 is 2.36 bits per heavy atom. The molecule has 0 atom stereocenters. The molecule has 4 nitrogen and oxygen atoms in total. The third-order valence-corrected chi connectivity index (χ3v) is 1.53. The Kier molecular flexibility index (Phi) is 5.65. The Morgan fingerprint density at radius 2 is 1.79 bits per heavy atom. The number of aryl methyl sites for hydroxylation is 1. The molecule has 1 aromatic rings. The molecule has 1 aromatic carbocycles. The van der Waals surface area contributed by atoms with Gasteiger partial charge < -0.3 is 0 Å². The minimum atomic E-state index is 0. The van der Waals surface area contributed by atoms with Crippen molar-refractivity contribution in [2.24, 2.45) is 9.98 Å². The van der Waals surface area contributed by atoms with Gasteiger partial charge in [-0.3, -0.25) is 0 Å². The Labute approximate surface area is 96.3 Å². The summed E-state index contributed by atoms with van der Waals surface area (Å²) in [5.74, 6) is 0. The summed E-state index contributed by atoms with van der Waals surface area (Å²) in [5, 5.41) is 0. The fraction of sp³-hybridized carbons (Fsp3) is 0.111. The van der Waals surface area contributed by atoms with Crippen LogP contribution >= 0.6 is 0 Å². The summed E-state index contributed by atoms with van der Waals surface area (Å²) in [4.78, 5) is 26.8. The molecule has 14 heavy (non-hydrogen) atoms. The van der Waals surface area contributed by atoms with Crippen LogP contribution in [0.3, 0.4) is 0 Å². The predicted octanol–water partition coefficient (Wildman–Crippen LogP) is 1.93. The van der Waals surface area contributed by atoms with Gasteiger partial charge in [0.2, 0.25) is 12.2 Å². The minimum Gasteiger partial charge on any atom is -0.211 e. The van der Waals surface area contributed by atoms with E-state index in [4.69, 9.17) is 0 Å². The van der Waals surface area contributed by atoms with Crippen LogP contribution in [0.5, 0.6) is 0 Å². The average Bonchev–Trinajstić information content (AvgIpc) is 2.12. The van der Waals surface area contributed by atoms with Gasteiger partial charge in [-0.25, -0.2) is 9.59 Å². The number of aliphatic imine (C=N–C) groups is 2. The van der Waals surface area contributed by atoms with Gasteiger partial charge >= 0.3 is 0 Å². The smallest absolute Gasteiger partial charge is 0.211 e. The molecule has 0 amide bonds. The van der Waals surface area contributed by atoms with Crippen LogP contribution in [0.15, 0.2) is 28.2 Å². The van der Waals surface area contributed by atoms with Crippen molar-refractivity contribution in [3.8, 4) is 0 Å². The molecule has 75 valence electrons. The van der Waals surface area contributed by atoms with Gasteiger partial charge in [0.25, 0.3) is 0 Å². The SMILES string of the molecule is Cc1ccc(N=C=O)cc1N=C=O.[Ag]. The molecule has 0 N–H and O–H groups in total. The molecule has 0 saturated carbocycles. The molecule has 0 unspecified atom stereocenters. The van der Waals surface area contributed by atoms with Crippen molar-refractivity contribution in [3.63, 3.8) is 0 Å². The van der Waals surface area contributed by atoms with Gasteiger partial charge in [0, 0.05) is 22.4 Å². The summed E-state index contributed by atoms with van der Waals surface area (Å²) in [6.45, 7) is 1.80. The van der Waals surface area contributed by atoms with Crippen molar-refractivity contribution in [1.29, 1.82) is 0 Å². The first-order valence-electron chi connectivity index (χ1n) is 3.54. The van der Waals surface area contributed by atoms with E-state index in [9.17, 15) is 9.59 Å². The maximum absolute atomic E-state index is 10.00. The van der Waals surface area contributed by atoms with Gasteiger partial charge in [0.1, 0.15) is 0 Å². The van der Waals surface area contributed by atoms with Crippen molar-refractivity contribution >= 4 is 23.5 Å². The van der Waals surface area contributed by atoms with E-state index in [1.165, 1.54) is 18.2 Å². The Morgan fingerprint density at radius 1 is 1.14 bits per heavy atom. The fourth-order valence-corrected chi connectivity index (χ4v) is 0.890. The quantitative estimate of drug-likeness (QED) is 0.472. The van der Waals surface area contributed by atoms with Crippen molar-refractivity contribution < 1.29 is 32.0 Å². The van der Waals surface area contributed by atoms with Crippen LogP contribution in [-0.2, 0) is 32.0 Å². The van der Waals surface area contributed by atoms with Gasteiger partial charge in [0.15, 0.2) is 0 Å². The Balaban J connectivity index is 0.00000169. The predicted molar refractivity (Wildman–Crippen MR) is 46.7 cm³/mol. The first kappa shape index (κ1) is 12.7. The molecule has 1 radical (unpaired) electrons. The number of benzene rings is 1. The molecule has 5 heteroatoms. The number of nitrogens with zero attached hydrogens (tertiary/aromatic N) is 2. The normalized spacial score (nSPS) is 7.79. The summed E-state index contributed by atoms with van der Waals surface area (Å²) in [5.41, 5.74) is 1.72. The Bertz CT molecular complexity index is 419. The topological polar surface area (TPSA) is 58.9 Å². The van der Waals surface area contributed by atoms with E-state index >= 15 is 0 Å². The number of carbonyl (C=O) groups excluding carboxylic acids is 2. The fourth-order valence-electron chi connectivity index (χ4n) is 0.890. The summed E-state index contributed by atoms with van der Waals surface area (Å²) >= 11 is 0. The monoisotopic (exact) mass is 281 g/mol. The summed E-state index contributed by atoms with van der Waals surface area (Å²) in [6.07, 6.45) is 2.84. The zero-order chi connectivity index (χ0) is 9.68. The van der Waals surface area contributed by atoms with Gasteiger partial charge in [0.05, 0.1) is 11.4 Å². The molecular weight excluding hydrogens is 276 g/mol. The molecule has 0 aliphatic carbocycles. The minimum absolute atomic E-state index is 0. The molecule has 0 fully saturated rings. The molecule has 1 rings (SSSR count). The zero-order valence-corrected chi connectivity index (χ0v) is 8.73. The molecular formula is C9H6AgN2O2. The standard InChI is InChI=1S/C9H6N2O2.Ag/c1-7-2-3-8(10-5-12)4-9(7)11-6-13;/h2-4H,1H3;. The number of rotatable bonds is 2. The van der Waals surface area contributed by atoms with Gasteiger partial charge in [-0.2, -0.15) is 9.98 Å². The van der Waals surface area contributed by atoms with Gasteiger partial charge in [-0.1, -0.05) is 6.07 Å². The maximum atomic E-state index is 10.00. The van der Waals surface area contributed by atoms with Crippen LogP contribution in [0.4, 0.5) is 11.4 Å². The van der Waals surface area contributed by atoms with Crippen LogP contribution in [0, 0.1) is 6.92 Å². The van der Waals surface area contributed by atoms with Crippen LogP contribution in [0.25, 0.3) is 0 Å². The number of hydrogen-bond donors (Lipinski definition) is 0. The first-order chi connectivity index (χ1) is 6.27. The van der Waals surface area contributed by atoms with E-state index in [0.29, 0.717) is 11.4 Å². The third kappa shape index (κ3) is 3.23. The molecule has 0 spiro atoms. The van der Waals surface area contributed by atoms with Gasteiger partial charge in [-0.15, -0.1) is 0 Å². The van der Waals surface area contributed by atoms with Crippen molar-refractivity contribution in [3.05, 3.63) is 23.8 Å². The third-order valence-electron chi connectivity index (χ3n) is 1.53. The zero-order valence-electron chi connectivity index (χ0n) is 7.24. The van der Waals surface area contributed by atoms with Gasteiger partial charge in [-0.05, 0) is 24.6 Å². The van der Waals surface area contributed by atoms with Crippen molar-refractivity contribution in [2.45, 2.75) is 6.92 Å². The Hall–Kier alpha value is -1.28. The largest absolute Gasteiger partial charge is 0.240 e. The first-order valence-corrected chi connectivity index (χ1v) is 3.54. The van der Waals surface area contributed by atoms with Crippen LogP contribution in [0.1, 0.15) is 5.56 Å². The van der Waals surface area contributed by atoms with Crippen LogP contribution in [-0.4, -0.2) is 12.2 Å². The second-order valence-corrected chi connectivity index (χ2v) is 2.38. The van der Waals surface area contributed by atoms with Crippen molar-refractivity contribution in [1.82, 2.24) is 0 Å². The summed E-state index contributed by atoms with van der Waals surface area (Å²) in [7, 11) is 0. The van der Waals surface area contributed by atoms with E-state index in [-0.39, 0.29) is 22.4 Å². The number of hydrogen-bond acceptors (Lipinski definition) is 4. The average molecular weight is 282 g/mol. The summed E-state index contributed by atoms with van der Waals surface area (Å²) < 4.78 is 0. The molecule has 0 aromatic heterocycles. The number of isocyanates is 2. The second-order valence-electron chi connectivity index (χ2n) is 2.38. The summed E-state index contributed by atoms with van der Waals surface area (Å²) in [6, 6.07) is 4.88. The van der Waals surface area contributed by atoms with Crippen molar-refractivity contribution in [2.75, 3.05) is 0 Å². The van der Waals surface area contributed by atoms with E-state index in [2.05, 4.69) is 9.98 Å².